The molecule has 0 radical (unpaired) electrons. The maximum absolute atomic E-state index is 13.6. The zero-order chi connectivity index (χ0) is 24.1. The van der Waals surface area contributed by atoms with Gasteiger partial charge in [-0.25, -0.2) is 4.79 Å². The van der Waals surface area contributed by atoms with Crippen LogP contribution in [-0.4, -0.2) is 43.2 Å². The molecule has 0 amide bonds. The van der Waals surface area contributed by atoms with Gasteiger partial charge in [-0.15, -0.1) is 0 Å². The lowest BCUT2D eigenvalue weighted by molar-refractivity contribution is -0.137. The Morgan fingerprint density at radius 3 is 2.46 bits per heavy atom. The molecule has 2 aliphatic carbocycles. The van der Waals surface area contributed by atoms with Crippen LogP contribution in [-0.2, 0) is 11.3 Å². The topological polar surface area (TPSA) is 84.5 Å². The lowest BCUT2D eigenvalue weighted by Gasteiger charge is -2.53. The van der Waals surface area contributed by atoms with Gasteiger partial charge in [0.15, 0.2) is 0 Å². The molecule has 35 heavy (non-hydrogen) atoms. The van der Waals surface area contributed by atoms with E-state index in [1.807, 2.05) is 0 Å². The number of aliphatic carboxylic acids is 1. The second-order valence-corrected chi connectivity index (χ2v) is 11.2. The third-order valence-corrected chi connectivity index (χ3v) is 9.03. The first-order chi connectivity index (χ1) is 17.0. The molecular weight excluding hydrogens is 442 g/mol. The molecule has 1 aromatic heterocycles. The number of fused-ring (bicyclic) bond motifs is 4. The van der Waals surface area contributed by atoms with Gasteiger partial charge in [0.25, 0.3) is 5.56 Å². The van der Waals surface area contributed by atoms with Crippen molar-refractivity contribution >= 4 is 16.9 Å². The average Bonchev–Trinajstić information content (AvgIpc) is 3.00. The summed E-state index contributed by atoms with van der Waals surface area (Å²) in [6.45, 7) is -0.441. The number of carboxylic acids is 1. The van der Waals surface area contributed by atoms with Crippen molar-refractivity contribution in [3.05, 3.63) is 56.8 Å². The van der Waals surface area contributed by atoms with E-state index in [1.165, 1.54) is 54.1 Å². The highest BCUT2D eigenvalue weighted by Crippen LogP contribution is 2.44. The van der Waals surface area contributed by atoms with E-state index >= 15 is 0 Å². The summed E-state index contributed by atoms with van der Waals surface area (Å²) < 4.78 is 2.66. The molecule has 2 saturated heterocycles. The molecule has 3 heterocycles. The first kappa shape index (κ1) is 22.8. The number of hydrogen-bond donors (Lipinski definition) is 1. The molecule has 1 N–H and O–H groups in total. The Morgan fingerprint density at radius 1 is 0.914 bits per heavy atom. The minimum Gasteiger partial charge on any atom is -0.480 e. The highest BCUT2D eigenvalue weighted by Gasteiger charge is 2.44. The molecule has 186 valence electrons. The Labute approximate surface area is 205 Å². The van der Waals surface area contributed by atoms with Crippen molar-refractivity contribution < 1.29 is 9.90 Å². The molecule has 0 spiro atoms. The van der Waals surface area contributed by atoms with E-state index in [0.29, 0.717) is 34.9 Å². The Morgan fingerprint density at radius 2 is 1.69 bits per heavy atom. The van der Waals surface area contributed by atoms with Crippen LogP contribution in [0.1, 0.15) is 76.7 Å². The molecule has 4 bridgehead atoms. The number of nitrogens with zero attached hydrogens (tertiary/aromatic N) is 3. The van der Waals surface area contributed by atoms with Crippen LogP contribution in [0, 0.1) is 5.92 Å². The van der Waals surface area contributed by atoms with E-state index in [1.54, 1.807) is 29.8 Å². The molecule has 3 unspecified atom stereocenters. The van der Waals surface area contributed by atoms with E-state index in [9.17, 15) is 19.5 Å². The monoisotopic (exact) mass is 477 g/mol. The summed E-state index contributed by atoms with van der Waals surface area (Å²) in [6.07, 6.45) is 15.2. The Hall–Kier alpha value is -2.67. The van der Waals surface area contributed by atoms with E-state index in [2.05, 4.69) is 11.0 Å². The third-order valence-electron chi connectivity index (χ3n) is 9.03. The zero-order valence-corrected chi connectivity index (χ0v) is 20.3. The number of carboxylic acid groups (broad SMARTS) is 1. The predicted octanol–water partition coefficient (Wildman–Crippen LogP) is 4.08. The molecule has 0 saturated carbocycles. The summed E-state index contributed by atoms with van der Waals surface area (Å²) in [7, 11) is 0. The van der Waals surface area contributed by atoms with E-state index < -0.39 is 18.2 Å². The third kappa shape index (κ3) is 4.07. The van der Waals surface area contributed by atoms with Crippen LogP contribution in [0.2, 0.25) is 0 Å². The van der Waals surface area contributed by atoms with Gasteiger partial charge < -0.3 is 5.11 Å². The van der Waals surface area contributed by atoms with Gasteiger partial charge in [-0.05, 0) is 75.8 Å². The molecule has 2 fully saturated rings. The quantitative estimate of drug-likeness (QED) is 0.671. The van der Waals surface area contributed by atoms with Crippen LogP contribution in [0.5, 0.6) is 0 Å². The lowest BCUT2D eigenvalue weighted by atomic mass is 9.76. The van der Waals surface area contributed by atoms with E-state index in [4.69, 9.17) is 0 Å². The SMILES string of the molecule is O=C(O)Cn1c(=O)n(C2CC3CCC[C@H](C2)N3C2CC3=C[C@@H](CCCC3)C2)c(=O)c2ccccc21. The number of allylic oxidation sites excluding steroid dienone is 1. The van der Waals surface area contributed by atoms with Gasteiger partial charge in [0.2, 0.25) is 0 Å². The summed E-state index contributed by atoms with van der Waals surface area (Å²) in [6, 6.07) is 8.04. The first-order valence-electron chi connectivity index (χ1n) is 13.4. The molecular formula is C28H35N3O4. The van der Waals surface area contributed by atoms with Crippen molar-refractivity contribution in [3.63, 3.8) is 0 Å². The summed E-state index contributed by atoms with van der Waals surface area (Å²) in [4.78, 5) is 41.4. The molecule has 5 atom stereocenters. The number of benzene rings is 1. The largest absolute Gasteiger partial charge is 0.480 e. The zero-order valence-electron chi connectivity index (χ0n) is 20.3. The Bertz CT molecular complexity index is 1280. The first-order valence-corrected chi connectivity index (χ1v) is 13.4. The maximum atomic E-state index is 13.6. The van der Waals surface area contributed by atoms with Crippen LogP contribution in [0.25, 0.3) is 10.9 Å². The Balaban J connectivity index is 1.35. The molecule has 2 aliphatic heterocycles. The summed E-state index contributed by atoms with van der Waals surface area (Å²) >= 11 is 0. The summed E-state index contributed by atoms with van der Waals surface area (Å²) in [5.41, 5.74) is 1.28. The summed E-state index contributed by atoms with van der Waals surface area (Å²) in [5, 5.41) is 9.88. The van der Waals surface area contributed by atoms with Crippen LogP contribution >= 0.6 is 0 Å². The highest BCUT2D eigenvalue weighted by atomic mass is 16.4. The van der Waals surface area contributed by atoms with Gasteiger partial charge >= 0.3 is 11.7 Å². The molecule has 4 aliphatic rings. The van der Waals surface area contributed by atoms with Gasteiger partial charge in [-0.3, -0.25) is 23.6 Å². The number of carbonyl (C=O) groups is 1. The number of hydrogen-bond acceptors (Lipinski definition) is 4. The fourth-order valence-corrected chi connectivity index (χ4v) is 7.72. The van der Waals surface area contributed by atoms with E-state index in [-0.39, 0.29) is 11.6 Å². The van der Waals surface area contributed by atoms with Crippen LogP contribution in [0.4, 0.5) is 0 Å². The smallest absolute Gasteiger partial charge is 0.332 e. The number of aromatic nitrogens is 2. The number of para-hydroxylation sites is 1. The fraction of sp³-hybridized carbons (Fsp3) is 0.607. The van der Waals surface area contributed by atoms with Gasteiger partial charge in [0.1, 0.15) is 6.54 Å². The van der Waals surface area contributed by atoms with Gasteiger partial charge in [-0.1, -0.05) is 36.6 Å². The normalized spacial score (nSPS) is 31.1. The van der Waals surface area contributed by atoms with Crippen molar-refractivity contribution in [2.75, 3.05) is 0 Å². The minimum atomic E-state index is -1.08. The maximum Gasteiger partial charge on any atom is 0.332 e. The standard InChI is InChI=1S/C28H35N3O4/c32-26(33)17-29-25-11-4-3-10-24(25)27(34)31(28(29)35)23-15-20-8-5-9-21(16-23)30(20)22-13-18-6-1-2-7-19(12-18)14-22/h3-4,10-12,18,20-23H,1-2,5-9,13-17H2,(H,32,33)/t18-,20-,21?,22?,23?/m1/s1. The highest BCUT2D eigenvalue weighted by molar-refractivity contribution is 5.79. The second-order valence-electron chi connectivity index (χ2n) is 11.2. The molecule has 1 aromatic carbocycles. The fourth-order valence-electron chi connectivity index (χ4n) is 7.72. The molecule has 7 nitrogen and oxygen atoms in total. The molecule has 6 rings (SSSR count). The average molecular weight is 478 g/mol. The van der Waals surface area contributed by atoms with Crippen molar-refractivity contribution in [2.24, 2.45) is 5.92 Å². The number of rotatable bonds is 4. The van der Waals surface area contributed by atoms with Gasteiger partial charge in [-0.2, -0.15) is 0 Å². The molecule has 2 aromatic rings. The van der Waals surface area contributed by atoms with Crippen molar-refractivity contribution in [1.82, 2.24) is 14.0 Å². The van der Waals surface area contributed by atoms with Crippen molar-refractivity contribution in [3.8, 4) is 0 Å². The number of piperidine rings is 2. The van der Waals surface area contributed by atoms with E-state index in [0.717, 1.165) is 25.7 Å². The minimum absolute atomic E-state index is 0.184. The van der Waals surface area contributed by atoms with Gasteiger partial charge in [0, 0.05) is 24.2 Å². The van der Waals surface area contributed by atoms with Crippen LogP contribution < -0.4 is 11.2 Å². The second kappa shape index (κ2) is 9.08. The summed E-state index contributed by atoms with van der Waals surface area (Å²) in [5.74, 6) is -0.377. The van der Waals surface area contributed by atoms with Crippen LogP contribution in [0.15, 0.2) is 45.5 Å². The van der Waals surface area contributed by atoms with Gasteiger partial charge in [0.05, 0.1) is 10.9 Å². The van der Waals surface area contributed by atoms with Crippen LogP contribution in [0.3, 0.4) is 0 Å². The molecule has 7 heteroatoms. The lowest BCUT2D eigenvalue weighted by Crippen LogP contribution is -2.59. The van der Waals surface area contributed by atoms with Crippen molar-refractivity contribution in [1.29, 1.82) is 0 Å². The predicted molar refractivity (Wildman–Crippen MR) is 135 cm³/mol. The Kier molecular flexibility index (Phi) is 5.91. The van der Waals surface area contributed by atoms with Crippen molar-refractivity contribution in [2.45, 2.75) is 101 Å².